The lowest BCUT2D eigenvalue weighted by Gasteiger charge is -2.12. The molecule has 0 aliphatic carbocycles. The van der Waals surface area contributed by atoms with Crippen molar-refractivity contribution in [3.8, 4) is 11.6 Å². The van der Waals surface area contributed by atoms with Gasteiger partial charge in [0.2, 0.25) is 5.88 Å². The topological polar surface area (TPSA) is 64.1 Å². The molecule has 0 unspecified atom stereocenters. The number of aromatic nitrogens is 2. The maximum Gasteiger partial charge on any atom is 0.254 e. The largest absolute Gasteiger partial charge is 0.439 e. The van der Waals surface area contributed by atoms with Crippen LogP contribution in [0.1, 0.15) is 21.5 Å². The zero-order valence-electron chi connectivity index (χ0n) is 17.4. The second-order valence-corrected chi connectivity index (χ2v) is 7.95. The molecule has 0 aliphatic heterocycles. The quantitative estimate of drug-likeness (QED) is 0.336. The molecular weight excluding hydrogens is 444 g/mol. The van der Waals surface area contributed by atoms with E-state index in [9.17, 15) is 13.6 Å². The molecule has 2 aromatic carbocycles. The minimum atomic E-state index is -0.416. The van der Waals surface area contributed by atoms with E-state index in [0.29, 0.717) is 27.7 Å². The average Bonchev–Trinajstić information content (AvgIpc) is 2.83. The van der Waals surface area contributed by atoms with Crippen molar-refractivity contribution in [2.75, 3.05) is 0 Å². The van der Waals surface area contributed by atoms with Gasteiger partial charge in [0.05, 0.1) is 5.56 Å². The highest BCUT2D eigenvalue weighted by Gasteiger charge is 2.14. The molecular formula is C25H19F2N3O2S. The van der Waals surface area contributed by atoms with Crippen LogP contribution < -0.4 is 10.1 Å². The highest BCUT2D eigenvalue weighted by Crippen LogP contribution is 2.26. The maximum atomic E-state index is 13.5. The van der Waals surface area contributed by atoms with Crippen molar-refractivity contribution in [2.24, 2.45) is 0 Å². The van der Waals surface area contributed by atoms with E-state index < -0.39 is 5.82 Å². The zero-order chi connectivity index (χ0) is 23.0. The Kier molecular flexibility index (Phi) is 7.26. The van der Waals surface area contributed by atoms with Crippen LogP contribution in [0, 0.1) is 11.6 Å². The minimum Gasteiger partial charge on any atom is -0.439 e. The normalized spacial score (nSPS) is 10.6. The third-order valence-electron chi connectivity index (χ3n) is 4.60. The molecule has 2 aromatic heterocycles. The van der Waals surface area contributed by atoms with Crippen LogP contribution in [0.2, 0.25) is 0 Å². The molecule has 0 saturated heterocycles. The summed E-state index contributed by atoms with van der Waals surface area (Å²) < 4.78 is 32.3. The van der Waals surface area contributed by atoms with Crippen LogP contribution in [0.25, 0.3) is 0 Å². The molecule has 5 nitrogen and oxygen atoms in total. The van der Waals surface area contributed by atoms with Gasteiger partial charge in [-0.1, -0.05) is 24.3 Å². The molecule has 4 rings (SSSR count). The number of hydrogen-bond donors (Lipinski definition) is 1. The summed E-state index contributed by atoms with van der Waals surface area (Å²) in [6.07, 6.45) is 3.18. The predicted octanol–water partition coefficient (Wildman–Crippen LogP) is 5.77. The maximum absolute atomic E-state index is 13.5. The Labute approximate surface area is 193 Å². The number of amides is 1. The SMILES string of the molecule is O=C(NCc1cccnc1Oc1cccc(F)c1)c1cccnc1SCc1ccc(F)cc1. The lowest BCUT2D eigenvalue weighted by atomic mass is 10.2. The van der Waals surface area contributed by atoms with Gasteiger partial charge in [0, 0.05) is 36.3 Å². The first-order valence-corrected chi connectivity index (χ1v) is 11.0. The molecule has 0 bridgehead atoms. The van der Waals surface area contributed by atoms with E-state index in [-0.39, 0.29) is 24.1 Å². The molecule has 0 atom stereocenters. The van der Waals surface area contributed by atoms with E-state index in [0.717, 1.165) is 5.56 Å². The molecule has 0 spiro atoms. The molecule has 0 aliphatic rings. The first-order valence-electron chi connectivity index (χ1n) is 10.1. The van der Waals surface area contributed by atoms with Crippen molar-refractivity contribution in [1.29, 1.82) is 0 Å². The second-order valence-electron chi connectivity index (χ2n) is 6.98. The summed E-state index contributed by atoms with van der Waals surface area (Å²) in [7, 11) is 0. The average molecular weight is 464 g/mol. The number of benzene rings is 2. The highest BCUT2D eigenvalue weighted by atomic mass is 32.2. The van der Waals surface area contributed by atoms with Crippen molar-refractivity contribution in [3.63, 3.8) is 0 Å². The number of ether oxygens (including phenoxy) is 1. The molecule has 166 valence electrons. The Bertz CT molecular complexity index is 1250. The van der Waals surface area contributed by atoms with Crippen molar-refractivity contribution >= 4 is 17.7 Å². The van der Waals surface area contributed by atoms with Crippen molar-refractivity contribution in [2.45, 2.75) is 17.3 Å². The third-order valence-corrected chi connectivity index (χ3v) is 5.68. The zero-order valence-corrected chi connectivity index (χ0v) is 18.2. The lowest BCUT2D eigenvalue weighted by molar-refractivity contribution is 0.0947. The molecule has 1 N–H and O–H groups in total. The van der Waals surface area contributed by atoms with Crippen molar-refractivity contribution in [3.05, 3.63) is 114 Å². The van der Waals surface area contributed by atoms with Crippen molar-refractivity contribution < 1.29 is 18.3 Å². The summed E-state index contributed by atoms with van der Waals surface area (Å²) in [6.45, 7) is 0.161. The monoisotopic (exact) mass is 463 g/mol. The van der Waals surface area contributed by atoms with Crippen molar-refractivity contribution in [1.82, 2.24) is 15.3 Å². The van der Waals surface area contributed by atoms with Gasteiger partial charge in [-0.25, -0.2) is 18.7 Å². The molecule has 1 amide bonds. The fourth-order valence-corrected chi connectivity index (χ4v) is 3.92. The number of carbonyl (C=O) groups excluding carboxylic acids is 1. The number of thioether (sulfide) groups is 1. The number of halogens is 2. The number of rotatable bonds is 8. The summed E-state index contributed by atoms with van der Waals surface area (Å²) >= 11 is 1.40. The van der Waals surface area contributed by atoms with E-state index in [1.54, 1.807) is 60.9 Å². The van der Waals surface area contributed by atoms with Gasteiger partial charge in [0.1, 0.15) is 22.4 Å². The third kappa shape index (κ3) is 6.14. The number of nitrogens with one attached hydrogen (secondary N) is 1. The highest BCUT2D eigenvalue weighted by molar-refractivity contribution is 7.98. The van der Waals surface area contributed by atoms with Crippen LogP contribution in [0.15, 0.2) is 90.2 Å². The molecule has 2 heterocycles. The molecule has 4 aromatic rings. The van der Waals surface area contributed by atoms with Crippen LogP contribution in [0.5, 0.6) is 11.6 Å². The van der Waals surface area contributed by atoms with Gasteiger partial charge in [0.15, 0.2) is 0 Å². The Hall–Kier alpha value is -3.78. The first-order chi connectivity index (χ1) is 16.1. The van der Waals surface area contributed by atoms with Gasteiger partial charge in [-0.05, 0) is 48.0 Å². The second kappa shape index (κ2) is 10.7. The fourth-order valence-electron chi connectivity index (χ4n) is 2.97. The molecule has 0 fully saturated rings. The van der Waals surface area contributed by atoms with Gasteiger partial charge in [-0.15, -0.1) is 11.8 Å². The van der Waals surface area contributed by atoms with E-state index in [1.165, 1.54) is 36.0 Å². The van der Waals surface area contributed by atoms with Crippen LogP contribution in [-0.4, -0.2) is 15.9 Å². The first kappa shape index (κ1) is 22.4. The Morgan fingerprint density at radius 1 is 0.909 bits per heavy atom. The lowest BCUT2D eigenvalue weighted by Crippen LogP contribution is -2.24. The summed E-state index contributed by atoms with van der Waals surface area (Å²) in [5.41, 5.74) is 1.99. The predicted molar refractivity (Wildman–Crippen MR) is 122 cm³/mol. The standard InChI is InChI=1S/C25H19F2N3O2S/c26-19-10-8-17(9-11-19)16-33-25-22(7-3-13-29-25)23(31)30-15-18-4-2-12-28-24(18)32-21-6-1-5-20(27)14-21/h1-14H,15-16H2,(H,30,31). The van der Waals surface area contributed by atoms with Gasteiger partial charge in [-0.2, -0.15) is 0 Å². The summed E-state index contributed by atoms with van der Waals surface area (Å²) in [4.78, 5) is 21.4. The van der Waals surface area contributed by atoms with E-state index in [1.807, 2.05) is 0 Å². The van der Waals surface area contributed by atoms with Crippen LogP contribution in [-0.2, 0) is 12.3 Å². The molecule has 0 radical (unpaired) electrons. The van der Waals surface area contributed by atoms with Crippen LogP contribution >= 0.6 is 11.8 Å². The van der Waals surface area contributed by atoms with Crippen LogP contribution in [0.4, 0.5) is 8.78 Å². The number of pyridine rings is 2. The molecule has 8 heteroatoms. The molecule has 33 heavy (non-hydrogen) atoms. The molecule has 0 saturated carbocycles. The summed E-state index contributed by atoms with van der Waals surface area (Å²) in [5, 5.41) is 3.43. The smallest absolute Gasteiger partial charge is 0.254 e. The van der Waals surface area contributed by atoms with Gasteiger partial charge >= 0.3 is 0 Å². The van der Waals surface area contributed by atoms with Gasteiger partial charge in [0.25, 0.3) is 5.91 Å². The van der Waals surface area contributed by atoms with Crippen LogP contribution in [0.3, 0.4) is 0 Å². The van der Waals surface area contributed by atoms with E-state index in [2.05, 4.69) is 15.3 Å². The van der Waals surface area contributed by atoms with E-state index >= 15 is 0 Å². The summed E-state index contributed by atoms with van der Waals surface area (Å²) in [5.74, 6) is 0.128. The van der Waals surface area contributed by atoms with E-state index in [4.69, 9.17) is 4.74 Å². The Balaban J connectivity index is 1.43. The number of carbonyl (C=O) groups is 1. The fraction of sp³-hybridized carbons (Fsp3) is 0.0800. The Morgan fingerprint density at radius 2 is 1.70 bits per heavy atom. The number of nitrogens with zero attached hydrogens (tertiary/aromatic N) is 2. The Morgan fingerprint density at radius 3 is 2.52 bits per heavy atom. The van der Waals surface area contributed by atoms with Gasteiger partial charge < -0.3 is 10.1 Å². The van der Waals surface area contributed by atoms with Gasteiger partial charge in [-0.3, -0.25) is 4.79 Å². The number of hydrogen-bond acceptors (Lipinski definition) is 5. The summed E-state index contributed by atoms with van der Waals surface area (Å²) in [6, 6.07) is 18.9. The minimum absolute atomic E-state index is 0.161.